The molecular formula is C13H21N3O. The van der Waals surface area contributed by atoms with Crippen molar-refractivity contribution in [2.75, 3.05) is 30.9 Å². The summed E-state index contributed by atoms with van der Waals surface area (Å²) in [5, 5.41) is 6.53. The molecular weight excluding hydrogens is 214 g/mol. The van der Waals surface area contributed by atoms with Gasteiger partial charge in [0.25, 0.3) is 0 Å². The molecule has 0 amide bonds. The zero-order chi connectivity index (χ0) is 12.1. The first kappa shape index (κ1) is 12.2. The first-order chi connectivity index (χ1) is 8.29. The second-order valence-corrected chi connectivity index (χ2v) is 4.56. The number of pyridine rings is 1. The van der Waals surface area contributed by atoms with Gasteiger partial charge in [0.05, 0.1) is 11.9 Å². The summed E-state index contributed by atoms with van der Waals surface area (Å²) in [4.78, 5) is 4.38. The molecule has 2 heterocycles. The molecule has 1 unspecified atom stereocenters. The predicted octanol–water partition coefficient (Wildman–Crippen LogP) is 2.35. The maximum atomic E-state index is 5.38. The maximum absolute atomic E-state index is 5.38. The molecule has 1 aromatic heterocycles. The van der Waals surface area contributed by atoms with Crippen LogP contribution in [-0.2, 0) is 4.74 Å². The molecule has 1 fully saturated rings. The number of nitrogens with zero attached hydrogens (tertiary/aromatic N) is 1. The van der Waals surface area contributed by atoms with Gasteiger partial charge in [-0.25, -0.2) is 4.98 Å². The van der Waals surface area contributed by atoms with Crippen molar-refractivity contribution in [3.8, 4) is 0 Å². The molecule has 0 radical (unpaired) electrons. The van der Waals surface area contributed by atoms with Crippen LogP contribution in [0.2, 0.25) is 0 Å². The summed E-state index contributed by atoms with van der Waals surface area (Å²) >= 11 is 0. The van der Waals surface area contributed by atoms with Crippen LogP contribution in [0.15, 0.2) is 18.3 Å². The Bertz CT molecular complexity index is 333. The minimum absolute atomic E-state index is 0.451. The van der Waals surface area contributed by atoms with E-state index in [1.807, 2.05) is 25.4 Å². The third-order valence-corrected chi connectivity index (χ3v) is 3.40. The lowest BCUT2D eigenvalue weighted by Gasteiger charge is -2.28. The summed E-state index contributed by atoms with van der Waals surface area (Å²) in [6.45, 7) is 4.01. The van der Waals surface area contributed by atoms with Gasteiger partial charge in [0.1, 0.15) is 5.82 Å². The molecule has 0 aromatic carbocycles. The standard InChI is InChI=1S/C13H21N3O/c1-10(11-5-7-17-8-6-11)16-13-4-3-12(14-2)9-15-13/h3-4,9-11,14H,5-8H2,1-2H3,(H,15,16). The lowest BCUT2D eigenvalue weighted by Crippen LogP contribution is -2.31. The number of nitrogens with one attached hydrogen (secondary N) is 2. The van der Waals surface area contributed by atoms with Crippen LogP contribution in [0.25, 0.3) is 0 Å². The van der Waals surface area contributed by atoms with Crippen molar-refractivity contribution < 1.29 is 4.74 Å². The molecule has 1 atom stereocenters. The Morgan fingerprint density at radius 2 is 2.12 bits per heavy atom. The number of hydrogen-bond acceptors (Lipinski definition) is 4. The predicted molar refractivity (Wildman–Crippen MR) is 70.4 cm³/mol. The van der Waals surface area contributed by atoms with Crippen molar-refractivity contribution in [1.29, 1.82) is 0 Å². The zero-order valence-electron chi connectivity index (χ0n) is 10.6. The molecule has 4 heteroatoms. The summed E-state index contributed by atoms with van der Waals surface area (Å²) in [5.41, 5.74) is 1.04. The average molecular weight is 235 g/mol. The highest BCUT2D eigenvalue weighted by molar-refractivity contribution is 5.47. The fourth-order valence-electron chi connectivity index (χ4n) is 2.19. The lowest BCUT2D eigenvalue weighted by molar-refractivity contribution is 0.0622. The fourth-order valence-corrected chi connectivity index (χ4v) is 2.19. The molecule has 2 rings (SSSR count). The van der Waals surface area contributed by atoms with Crippen molar-refractivity contribution >= 4 is 11.5 Å². The summed E-state index contributed by atoms with van der Waals surface area (Å²) in [5.74, 6) is 1.64. The monoisotopic (exact) mass is 235 g/mol. The van der Waals surface area contributed by atoms with E-state index in [0.29, 0.717) is 12.0 Å². The van der Waals surface area contributed by atoms with Gasteiger partial charge in [-0.05, 0) is 37.8 Å². The zero-order valence-corrected chi connectivity index (χ0v) is 10.6. The van der Waals surface area contributed by atoms with Crippen LogP contribution in [0.3, 0.4) is 0 Å². The third kappa shape index (κ3) is 3.33. The molecule has 2 N–H and O–H groups in total. The van der Waals surface area contributed by atoms with Gasteiger partial charge in [-0.1, -0.05) is 0 Å². The first-order valence-corrected chi connectivity index (χ1v) is 6.27. The smallest absolute Gasteiger partial charge is 0.126 e. The molecule has 0 aliphatic carbocycles. The molecule has 17 heavy (non-hydrogen) atoms. The van der Waals surface area contributed by atoms with E-state index in [2.05, 4.69) is 22.5 Å². The van der Waals surface area contributed by atoms with Crippen molar-refractivity contribution in [2.45, 2.75) is 25.8 Å². The highest BCUT2D eigenvalue weighted by atomic mass is 16.5. The number of anilines is 2. The second-order valence-electron chi connectivity index (χ2n) is 4.56. The van der Waals surface area contributed by atoms with Crippen LogP contribution in [-0.4, -0.2) is 31.3 Å². The molecule has 0 bridgehead atoms. The Balaban J connectivity index is 1.89. The van der Waals surface area contributed by atoms with E-state index in [0.717, 1.165) is 37.6 Å². The van der Waals surface area contributed by atoms with E-state index in [4.69, 9.17) is 4.74 Å². The Morgan fingerprint density at radius 3 is 2.71 bits per heavy atom. The van der Waals surface area contributed by atoms with Crippen molar-refractivity contribution in [2.24, 2.45) is 5.92 Å². The van der Waals surface area contributed by atoms with E-state index in [1.165, 1.54) is 0 Å². The van der Waals surface area contributed by atoms with E-state index >= 15 is 0 Å². The molecule has 0 saturated carbocycles. The van der Waals surface area contributed by atoms with E-state index < -0.39 is 0 Å². The van der Waals surface area contributed by atoms with Gasteiger partial charge in [0.2, 0.25) is 0 Å². The van der Waals surface area contributed by atoms with E-state index in [9.17, 15) is 0 Å². The van der Waals surface area contributed by atoms with Crippen molar-refractivity contribution in [3.05, 3.63) is 18.3 Å². The van der Waals surface area contributed by atoms with Crippen LogP contribution in [0, 0.1) is 5.92 Å². The summed E-state index contributed by atoms with van der Waals surface area (Å²) in [7, 11) is 1.90. The van der Waals surface area contributed by atoms with E-state index in [-0.39, 0.29) is 0 Å². The van der Waals surface area contributed by atoms with Crippen molar-refractivity contribution in [3.63, 3.8) is 0 Å². The highest BCUT2D eigenvalue weighted by Crippen LogP contribution is 2.21. The van der Waals surface area contributed by atoms with Crippen LogP contribution in [0.4, 0.5) is 11.5 Å². The van der Waals surface area contributed by atoms with E-state index in [1.54, 1.807) is 0 Å². The number of ether oxygens (including phenoxy) is 1. The molecule has 4 nitrogen and oxygen atoms in total. The molecule has 1 aliphatic rings. The van der Waals surface area contributed by atoms with Gasteiger partial charge < -0.3 is 15.4 Å². The van der Waals surface area contributed by atoms with Gasteiger partial charge >= 0.3 is 0 Å². The van der Waals surface area contributed by atoms with Gasteiger partial charge in [-0.15, -0.1) is 0 Å². The minimum atomic E-state index is 0.451. The molecule has 94 valence electrons. The number of aromatic nitrogens is 1. The van der Waals surface area contributed by atoms with Crippen LogP contribution in [0.1, 0.15) is 19.8 Å². The SMILES string of the molecule is CNc1ccc(NC(C)C2CCOCC2)nc1. The first-order valence-electron chi connectivity index (χ1n) is 6.27. The molecule has 0 spiro atoms. The highest BCUT2D eigenvalue weighted by Gasteiger charge is 2.20. The quantitative estimate of drug-likeness (QED) is 0.841. The van der Waals surface area contributed by atoms with Crippen LogP contribution < -0.4 is 10.6 Å². The van der Waals surface area contributed by atoms with Gasteiger partial charge in [0.15, 0.2) is 0 Å². The van der Waals surface area contributed by atoms with Crippen LogP contribution >= 0.6 is 0 Å². The lowest BCUT2D eigenvalue weighted by atomic mass is 9.93. The summed E-state index contributed by atoms with van der Waals surface area (Å²) in [6, 6.07) is 4.50. The van der Waals surface area contributed by atoms with Gasteiger partial charge in [-0.2, -0.15) is 0 Å². The van der Waals surface area contributed by atoms with Gasteiger partial charge in [0, 0.05) is 26.3 Å². The maximum Gasteiger partial charge on any atom is 0.126 e. The summed E-state index contributed by atoms with van der Waals surface area (Å²) < 4.78 is 5.38. The Hall–Kier alpha value is -1.29. The number of rotatable bonds is 4. The largest absolute Gasteiger partial charge is 0.387 e. The third-order valence-electron chi connectivity index (χ3n) is 3.40. The van der Waals surface area contributed by atoms with Gasteiger partial charge in [-0.3, -0.25) is 0 Å². The average Bonchev–Trinajstić information content (AvgIpc) is 2.40. The Labute approximate surface area is 103 Å². The molecule has 1 aliphatic heterocycles. The molecule has 1 saturated heterocycles. The topological polar surface area (TPSA) is 46.2 Å². The van der Waals surface area contributed by atoms with Crippen molar-refractivity contribution in [1.82, 2.24) is 4.98 Å². The van der Waals surface area contributed by atoms with Crippen LogP contribution in [0.5, 0.6) is 0 Å². The molecule has 1 aromatic rings. The summed E-state index contributed by atoms with van der Waals surface area (Å²) in [6.07, 6.45) is 4.13. The Kier molecular flexibility index (Phi) is 4.20. The fraction of sp³-hybridized carbons (Fsp3) is 0.615. The second kappa shape index (κ2) is 5.87. The minimum Gasteiger partial charge on any atom is -0.387 e. The normalized spacial score (nSPS) is 18.7. The Morgan fingerprint density at radius 1 is 1.35 bits per heavy atom. The number of hydrogen-bond donors (Lipinski definition) is 2.